The van der Waals surface area contributed by atoms with Crippen LogP contribution in [0.25, 0.3) is 94.0 Å². The number of aryl methyl sites for hydroxylation is 1. The van der Waals surface area contributed by atoms with E-state index in [4.69, 9.17) is 42.6 Å². The van der Waals surface area contributed by atoms with Gasteiger partial charge in [-0.2, -0.15) is 21.0 Å². The summed E-state index contributed by atoms with van der Waals surface area (Å²) >= 11 is 0. The Hall–Kier alpha value is -16.7. The van der Waals surface area contributed by atoms with Crippen molar-refractivity contribution in [1.82, 2.24) is 59.8 Å². The van der Waals surface area contributed by atoms with E-state index in [-0.39, 0.29) is 11.6 Å². The third kappa shape index (κ3) is 20.7. The summed E-state index contributed by atoms with van der Waals surface area (Å²) in [5.74, 6) is 7.50. The van der Waals surface area contributed by atoms with Crippen LogP contribution in [0.1, 0.15) is 27.8 Å². The molecule has 0 aliphatic carbocycles. The second-order valence-corrected chi connectivity index (χ2v) is 25.7. The minimum absolute atomic E-state index is 0.141. The van der Waals surface area contributed by atoms with E-state index in [2.05, 4.69) is 117 Å². The normalized spacial score (nSPS) is 10.4. The molecule has 8 aromatic heterocycles. The lowest BCUT2D eigenvalue weighted by Gasteiger charge is -2.12. The van der Waals surface area contributed by atoms with E-state index in [9.17, 15) is 9.50 Å². The van der Waals surface area contributed by atoms with Gasteiger partial charge in [-0.3, -0.25) is 0 Å². The van der Waals surface area contributed by atoms with Crippen LogP contribution in [-0.4, -0.2) is 117 Å². The number of phenolic OH excluding ortho intramolecular Hbond substituents is 1. The number of aromatic nitrogens is 12. The second kappa shape index (κ2) is 39.3. The Balaban J connectivity index is 0.000000135. The number of nitrogens with zero attached hydrogens (tertiary/aromatic N) is 17. The smallest absolute Gasteiger partial charge is 0.198 e. The predicted molar refractivity (Wildman–Crippen MR) is 456 cm³/mol. The van der Waals surface area contributed by atoms with E-state index in [1.54, 1.807) is 97.2 Å². The fraction of sp³-hybridized carbons (Fsp3) is 0.100. The molecule has 0 spiro atoms. The molecular formula is C90H72FN25O. The summed E-state index contributed by atoms with van der Waals surface area (Å²) in [5, 5.41) is 75.4. The van der Waals surface area contributed by atoms with Crippen molar-refractivity contribution in [3.8, 4) is 75.6 Å². The Morgan fingerprint density at radius 3 is 0.932 bits per heavy atom. The number of hydrogen-bond acceptors (Lipinski definition) is 25. The quantitative estimate of drug-likeness (QED) is 0.0200. The number of hydrogen-bond donors (Lipinski definition) is 9. The summed E-state index contributed by atoms with van der Waals surface area (Å²) in [7, 11) is 0. The highest BCUT2D eigenvalue weighted by molar-refractivity contribution is 5.94. The molecule has 0 radical (unpaired) electrons. The first-order valence-electron chi connectivity index (χ1n) is 37.0. The maximum absolute atomic E-state index is 14.2. The zero-order valence-electron chi connectivity index (χ0n) is 63.0. The number of aromatic hydroxyl groups is 1. The first-order chi connectivity index (χ1) is 57.5. The van der Waals surface area contributed by atoms with Crippen LogP contribution in [0.15, 0.2) is 267 Å². The van der Waals surface area contributed by atoms with Gasteiger partial charge in [0.25, 0.3) is 0 Å². The first kappa shape index (κ1) is 78.4. The number of fused-ring (bicyclic) bond motifs is 4. The zero-order chi connectivity index (χ0) is 80.9. The number of anilines is 8. The maximum atomic E-state index is 14.2. The van der Waals surface area contributed by atoms with E-state index in [0.717, 1.165) is 66.4 Å². The molecule has 0 aliphatic heterocycles. The van der Waals surface area contributed by atoms with Crippen molar-refractivity contribution in [2.24, 2.45) is 0 Å². The van der Waals surface area contributed by atoms with E-state index in [1.165, 1.54) is 24.7 Å². The van der Waals surface area contributed by atoms with Gasteiger partial charge in [0.2, 0.25) is 0 Å². The second-order valence-electron chi connectivity index (χ2n) is 25.7. The molecule has 0 fully saturated rings. The molecule has 8 aromatic carbocycles. The Bertz CT molecular complexity index is 5910. The average Bonchev–Trinajstić information content (AvgIpc) is 0.809. The molecular weight excluding hydrogens is 1470 g/mol. The summed E-state index contributed by atoms with van der Waals surface area (Å²) in [4.78, 5) is 57.6. The monoisotopic (exact) mass is 1540 g/mol. The van der Waals surface area contributed by atoms with Gasteiger partial charge in [-0.25, -0.2) is 69.0 Å². The molecule has 117 heavy (non-hydrogen) atoms. The molecule has 0 aliphatic rings. The van der Waals surface area contributed by atoms with Gasteiger partial charge >= 0.3 is 0 Å². The SMILES string of the molecule is Cc1ccccc1-c1nc(NCCNc2ccc(C#N)cn2)c2ccccc2n1.N#Cc1ccc(NCCNc2nc(-c3ccccc3F)nc3ccccc23)nc1.N#Cc1ccc(NCCNc2nc(-c3ccccc3O)nc3ccccc23)nc1.[C-]#[N+]c1ccccc1-c1nc(NCCNc2ccc(C#N)cn2)c2ccccc2n1. The van der Waals surface area contributed by atoms with Crippen molar-refractivity contribution >= 4 is 95.8 Å². The summed E-state index contributed by atoms with van der Waals surface area (Å²) in [6.45, 7) is 14.4. The van der Waals surface area contributed by atoms with Gasteiger partial charge in [0.05, 0.1) is 62.0 Å². The van der Waals surface area contributed by atoms with Gasteiger partial charge in [-0.15, -0.1) is 0 Å². The van der Waals surface area contributed by atoms with Crippen LogP contribution >= 0.6 is 0 Å². The predicted octanol–water partition coefficient (Wildman–Crippen LogP) is 17.1. The average molecular weight is 1540 g/mol. The molecule has 0 saturated carbocycles. The number of pyridine rings is 4. The topological polar surface area (TPSA) is 371 Å². The van der Waals surface area contributed by atoms with Crippen LogP contribution in [0.2, 0.25) is 0 Å². The fourth-order valence-electron chi connectivity index (χ4n) is 12.0. The molecule has 16 rings (SSSR count). The van der Waals surface area contributed by atoms with Crippen LogP contribution in [-0.2, 0) is 0 Å². The fourth-order valence-corrected chi connectivity index (χ4v) is 12.0. The van der Waals surface area contributed by atoms with Crippen LogP contribution in [0, 0.1) is 64.6 Å². The van der Waals surface area contributed by atoms with Crippen molar-refractivity contribution in [3.63, 3.8) is 0 Å². The highest BCUT2D eigenvalue weighted by Crippen LogP contribution is 2.34. The van der Waals surface area contributed by atoms with Crippen LogP contribution in [0.5, 0.6) is 5.75 Å². The lowest BCUT2D eigenvalue weighted by Crippen LogP contribution is -2.15. The van der Waals surface area contributed by atoms with Crippen LogP contribution < -0.4 is 42.5 Å². The molecule has 0 saturated heterocycles. The highest BCUT2D eigenvalue weighted by Gasteiger charge is 2.17. The van der Waals surface area contributed by atoms with E-state index in [0.29, 0.717) is 155 Å². The highest BCUT2D eigenvalue weighted by atomic mass is 19.1. The first-order valence-corrected chi connectivity index (χ1v) is 37.0. The molecule has 0 atom stereocenters. The standard InChI is InChI=1S/C23H17N7.C23H20N6.C22H17FN6.C22H18N6O/c1-25-19-8-4-2-6-17(19)23-29-20-9-5-3-7-18(20)22(30-23)27-13-12-26-21-11-10-16(14-24)15-28-21;1-16-6-2-3-7-18(16)23-28-20-9-5-4-8-19(20)22(29-23)26-13-12-25-21-11-10-17(14-24)15-27-21;23-18-7-3-1-5-16(18)22-28-19-8-4-2-6-17(19)21(29-22)26-12-11-25-20-10-9-15(13-24)14-27-20;23-13-15-9-10-20(26-14-15)24-11-12-25-21-16-5-1-3-7-18(16)27-22(28-21)17-6-2-4-8-19(17)29/h2-11,15H,12-13H2,(H,26,28)(H,27,29,30);2-11,15H,12-13H2,1H3,(H,25,27)(H,26,28,29);1-10,14H,11-12H2,(H,25,27)(H,26,28,29);1-10,14,29H,11-12H2,(H,24,26)(H,25,27,28). The number of rotatable bonds is 24. The summed E-state index contributed by atoms with van der Waals surface area (Å²) < 4.78 is 14.2. The largest absolute Gasteiger partial charge is 0.507 e. The van der Waals surface area contributed by atoms with Gasteiger partial charge < -0.3 is 47.6 Å². The van der Waals surface area contributed by atoms with E-state index in [1.807, 2.05) is 152 Å². The summed E-state index contributed by atoms with van der Waals surface area (Å²) in [6.07, 6.45) is 6.15. The summed E-state index contributed by atoms with van der Waals surface area (Å²) in [5.41, 5.74) is 9.72. The number of para-hydroxylation sites is 6. The van der Waals surface area contributed by atoms with Crippen molar-refractivity contribution in [3.05, 3.63) is 312 Å². The Kier molecular flexibility index (Phi) is 26.3. The van der Waals surface area contributed by atoms with E-state index < -0.39 is 0 Å². The Morgan fingerprint density at radius 2 is 0.598 bits per heavy atom. The zero-order valence-corrected chi connectivity index (χ0v) is 63.0. The molecule has 9 N–H and O–H groups in total. The van der Waals surface area contributed by atoms with Gasteiger partial charge in [-0.1, -0.05) is 121 Å². The number of nitrogens with one attached hydrogen (secondary N) is 8. The van der Waals surface area contributed by atoms with E-state index >= 15 is 0 Å². The molecule has 0 unspecified atom stereocenters. The van der Waals surface area contributed by atoms with Gasteiger partial charge in [0.15, 0.2) is 29.0 Å². The van der Waals surface area contributed by atoms with Gasteiger partial charge in [0, 0.05) is 110 Å². The molecule has 570 valence electrons. The Morgan fingerprint density at radius 1 is 0.316 bits per heavy atom. The third-order valence-corrected chi connectivity index (χ3v) is 17.8. The van der Waals surface area contributed by atoms with Crippen molar-refractivity contribution in [2.45, 2.75) is 6.92 Å². The van der Waals surface area contributed by atoms with Crippen molar-refractivity contribution < 1.29 is 9.50 Å². The van der Waals surface area contributed by atoms with Crippen LogP contribution in [0.4, 0.5) is 56.6 Å². The maximum Gasteiger partial charge on any atom is 0.198 e. The molecule has 0 amide bonds. The molecule has 26 nitrogen and oxygen atoms in total. The number of halogens is 1. The molecule has 27 heteroatoms. The molecule has 16 aromatic rings. The van der Waals surface area contributed by atoms with Crippen molar-refractivity contribution in [2.75, 3.05) is 94.9 Å². The molecule has 0 bridgehead atoms. The lowest BCUT2D eigenvalue weighted by molar-refractivity contribution is 0.477. The number of nitriles is 4. The van der Waals surface area contributed by atoms with Crippen LogP contribution in [0.3, 0.4) is 0 Å². The van der Waals surface area contributed by atoms with Gasteiger partial charge in [-0.05, 0) is 134 Å². The minimum atomic E-state index is -0.359. The minimum Gasteiger partial charge on any atom is -0.507 e. The number of benzene rings is 8. The summed E-state index contributed by atoms with van der Waals surface area (Å²) in [6, 6.07) is 82.3. The molecule has 8 heterocycles. The van der Waals surface area contributed by atoms with Gasteiger partial charge in [0.1, 0.15) is 82.4 Å². The van der Waals surface area contributed by atoms with Crippen molar-refractivity contribution in [1.29, 1.82) is 21.0 Å². The lowest BCUT2D eigenvalue weighted by atomic mass is 10.1. The Labute approximate surface area is 672 Å². The third-order valence-electron chi connectivity index (χ3n) is 17.8. The number of phenols is 1.